The molecule has 0 radical (unpaired) electrons. The Balaban J connectivity index is 1.83. The second-order valence-corrected chi connectivity index (χ2v) is 8.06. The molecule has 0 heterocycles. The van der Waals surface area contributed by atoms with Gasteiger partial charge in [0.25, 0.3) is 15.9 Å². The minimum Gasteiger partial charge on any atom is -0.494 e. The molecule has 0 saturated heterocycles. The molecule has 2 N–H and O–H groups in total. The number of nitrogens with one attached hydrogen (secondary N) is 2. The summed E-state index contributed by atoms with van der Waals surface area (Å²) < 4.78 is 33.4. The lowest BCUT2D eigenvalue weighted by molar-refractivity contribution is 0.102. The van der Waals surface area contributed by atoms with Crippen molar-refractivity contribution in [3.63, 3.8) is 0 Å². The number of hydrogen-bond donors (Lipinski definition) is 2. The Morgan fingerprint density at radius 1 is 0.966 bits per heavy atom. The first-order valence-corrected chi connectivity index (χ1v) is 10.6. The largest absolute Gasteiger partial charge is 0.494 e. The molecule has 29 heavy (non-hydrogen) atoms. The highest BCUT2D eigenvalue weighted by molar-refractivity contribution is 7.92. The molecule has 3 aromatic carbocycles. The van der Waals surface area contributed by atoms with Crippen molar-refractivity contribution in [3.8, 4) is 5.75 Å². The molecule has 150 valence electrons. The number of hydrogen-bond acceptors (Lipinski definition) is 4. The fourth-order valence-corrected chi connectivity index (χ4v) is 3.86. The Morgan fingerprint density at radius 3 is 2.38 bits per heavy atom. The predicted octanol–water partition coefficient (Wildman–Crippen LogP) is 4.45. The van der Waals surface area contributed by atoms with Gasteiger partial charge < -0.3 is 10.1 Å². The lowest BCUT2D eigenvalue weighted by Gasteiger charge is -2.13. The molecule has 0 spiro atoms. The Hall–Kier alpha value is -3.32. The van der Waals surface area contributed by atoms with Crippen LogP contribution in [0.25, 0.3) is 0 Å². The van der Waals surface area contributed by atoms with E-state index in [9.17, 15) is 13.2 Å². The number of benzene rings is 3. The zero-order valence-corrected chi connectivity index (χ0v) is 17.0. The molecule has 3 rings (SSSR count). The molecule has 1 amide bonds. The third kappa shape index (κ3) is 5.14. The van der Waals surface area contributed by atoms with Crippen molar-refractivity contribution in [2.24, 2.45) is 0 Å². The van der Waals surface area contributed by atoms with Crippen LogP contribution >= 0.6 is 0 Å². The Bertz CT molecular complexity index is 1110. The van der Waals surface area contributed by atoms with Crippen LogP contribution in [0, 0.1) is 6.92 Å². The van der Waals surface area contributed by atoms with Crippen molar-refractivity contribution >= 4 is 27.3 Å². The monoisotopic (exact) mass is 410 g/mol. The lowest BCUT2D eigenvalue weighted by atomic mass is 10.1. The number of carbonyl (C=O) groups is 1. The normalized spacial score (nSPS) is 11.0. The van der Waals surface area contributed by atoms with Crippen LogP contribution in [0.3, 0.4) is 0 Å². The molecule has 0 aromatic heterocycles. The van der Waals surface area contributed by atoms with Gasteiger partial charge in [0.1, 0.15) is 5.75 Å². The van der Waals surface area contributed by atoms with E-state index in [0.717, 1.165) is 5.56 Å². The summed E-state index contributed by atoms with van der Waals surface area (Å²) in [6.07, 6.45) is 0. The third-order valence-electron chi connectivity index (χ3n) is 4.14. The van der Waals surface area contributed by atoms with E-state index in [2.05, 4.69) is 10.0 Å². The van der Waals surface area contributed by atoms with Crippen LogP contribution in [0.15, 0.2) is 77.7 Å². The minimum absolute atomic E-state index is 0.0786. The molecule has 6 nitrogen and oxygen atoms in total. The quantitative estimate of drug-likeness (QED) is 0.603. The van der Waals surface area contributed by atoms with Gasteiger partial charge in [0.15, 0.2) is 0 Å². The first kappa shape index (κ1) is 20.4. The summed E-state index contributed by atoms with van der Waals surface area (Å²) >= 11 is 0. The fourth-order valence-electron chi connectivity index (χ4n) is 2.78. The highest BCUT2D eigenvalue weighted by Crippen LogP contribution is 2.23. The van der Waals surface area contributed by atoms with Crippen LogP contribution in [-0.4, -0.2) is 20.9 Å². The number of ether oxygens (including phenoxy) is 1. The molecule has 0 aliphatic carbocycles. The Labute approximate surface area is 170 Å². The molecule has 0 atom stereocenters. The van der Waals surface area contributed by atoms with Gasteiger partial charge in [-0.1, -0.05) is 24.3 Å². The van der Waals surface area contributed by atoms with Crippen LogP contribution in [-0.2, 0) is 10.0 Å². The smallest absolute Gasteiger partial charge is 0.261 e. The highest BCUT2D eigenvalue weighted by atomic mass is 32.2. The molecular weight excluding hydrogens is 388 g/mol. The number of anilines is 2. The van der Waals surface area contributed by atoms with Gasteiger partial charge in [-0.25, -0.2) is 8.42 Å². The molecule has 0 bridgehead atoms. The van der Waals surface area contributed by atoms with E-state index in [4.69, 9.17) is 4.74 Å². The zero-order chi connectivity index (χ0) is 20.9. The van der Waals surface area contributed by atoms with Gasteiger partial charge in [0.2, 0.25) is 0 Å². The molecule has 3 aromatic rings. The molecular formula is C22H22N2O4S. The molecule has 0 fully saturated rings. The molecule has 0 saturated carbocycles. The summed E-state index contributed by atoms with van der Waals surface area (Å²) in [6, 6.07) is 20.0. The average molecular weight is 410 g/mol. The topological polar surface area (TPSA) is 84.5 Å². The van der Waals surface area contributed by atoms with Gasteiger partial charge in [0.05, 0.1) is 22.8 Å². The number of para-hydroxylation sites is 1. The lowest BCUT2D eigenvalue weighted by Crippen LogP contribution is -2.18. The Kier molecular flexibility index (Phi) is 6.19. The van der Waals surface area contributed by atoms with Gasteiger partial charge in [-0.15, -0.1) is 0 Å². The van der Waals surface area contributed by atoms with Crippen molar-refractivity contribution in [2.75, 3.05) is 16.6 Å². The van der Waals surface area contributed by atoms with E-state index in [1.807, 2.05) is 32.0 Å². The van der Waals surface area contributed by atoms with Crippen LogP contribution in [0.5, 0.6) is 5.75 Å². The number of rotatable bonds is 7. The SMILES string of the molecule is CCOc1ccc(S(=O)(=O)Nc2ccccc2C(=O)Nc2cccc(C)c2)cc1. The predicted molar refractivity (Wildman–Crippen MR) is 114 cm³/mol. The molecule has 0 aliphatic rings. The van der Waals surface area contributed by atoms with E-state index in [-0.39, 0.29) is 16.1 Å². The van der Waals surface area contributed by atoms with Crippen molar-refractivity contribution in [2.45, 2.75) is 18.7 Å². The number of carbonyl (C=O) groups excluding carboxylic acids is 1. The van der Waals surface area contributed by atoms with Crippen LogP contribution in [0.1, 0.15) is 22.8 Å². The number of amides is 1. The Morgan fingerprint density at radius 2 is 1.69 bits per heavy atom. The van der Waals surface area contributed by atoms with Crippen molar-refractivity contribution in [3.05, 3.63) is 83.9 Å². The van der Waals surface area contributed by atoms with Crippen LogP contribution < -0.4 is 14.8 Å². The average Bonchev–Trinajstić information content (AvgIpc) is 2.69. The van der Waals surface area contributed by atoms with E-state index < -0.39 is 15.9 Å². The maximum Gasteiger partial charge on any atom is 0.261 e. The summed E-state index contributed by atoms with van der Waals surface area (Å²) in [4.78, 5) is 12.8. The van der Waals surface area contributed by atoms with Gasteiger partial charge >= 0.3 is 0 Å². The first-order valence-electron chi connectivity index (χ1n) is 9.12. The van der Waals surface area contributed by atoms with E-state index in [1.54, 1.807) is 42.5 Å². The summed E-state index contributed by atoms with van der Waals surface area (Å²) in [7, 11) is -3.87. The van der Waals surface area contributed by atoms with E-state index in [0.29, 0.717) is 18.0 Å². The maximum absolute atomic E-state index is 12.8. The van der Waals surface area contributed by atoms with Gasteiger partial charge in [-0.3, -0.25) is 9.52 Å². The number of aryl methyl sites for hydroxylation is 1. The zero-order valence-electron chi connectivity index (χ0n) is 16.2. The highest BCUT2D eigenvalue weighted by Gasteiger charge is 2.19. The summed E-state index contributed by atoms with van der Waals surface area (Å²) in [5.41, 5.74) is 2.07. The van der Waals surface area contributed by atoms with Crippen molar-refractivity contribution in [1.29, 1.82) is 0 Å². The third-order valence-corrected chi connectivity index (χ3v) is 5.52. The minimum atomic E-state index is -3.87. The van der Waals surface area contributed by atoms with Crippen LogP contribution in [0.2, 0.25) is 0 Å². The van der Waals surface area contributed by atoms with Gasteiger partial charge in [-0.2, -0.15) is 0 Å². The maximum atomic E-state index is 12.8. The summed E-state index contributed by atoms with van der Waals surface area (Å²) in [5, 5.41) is 2.80. The van der Waals surface area contributed by atoms with Crippen LogP contribution in [0.4, 0.5) is 11.4 Å². The summed E-state index contributed by atoms with van der Waals surface area (Å²) in [5.74, 6) is 0.185. The summed E-state index contributed by atoms with van der Waals surface area (Å²) in [6.45, 7) is 4.27. The first-order chi connectivity index (χ1) is 13.9. The van der Waals surface area contributed by atoms with Gasteiger partial charge in [0, 0.05) is 5.69 Å². The standard InChI is InChI=1S/C22H22N2O4S/c1-3-28-18-11-13-19(14-12-18)29(26,27)24-21-10-5-4-9-20(21)22(25)23-17-8-6-7-16(2)15-17/h4-15,24H,3H2,1-2H3,(H,23,25). The number of sulfonamides is 1. The molecule has 7 heteroatoms. The van der Waals surface area contributed by atoms with Crippen molar-refractivity contribution in [1.82, 2.24) is 0 Å². The molecule has 0 unspecified atom stereocenters. The second kappa shape index (κ2) is 8.79. The fraction of sp³-hybridized carbons (Fsp3) is 0.136. The molecule has 0 aliphatic heterocycles. The van der Waals surface area contributed by atoms with Gasteiger partial charge in [-0.05, 0) is 67.9 Å². The van der Waals surface area contributed by atoms with E-state index >= 15 is 0 Å². The second-order valence-electron chi connectivity index (χ2n) is 6.38. The van der Waals surface area contributed by atoms with E-state index in [1.165, 1.54) is 12.1 Å². The van der Waals surface area contributed by atoms with Crippen molar-refractivity contribution < 1.29 is 17.9 Å².